The van der Waals surface area contributed by atoms with E-state index in [0.717, 1.165) is 6.20 Å². The van der Waals surface area contributed by atoms with Crippen LogP contribution < -0.4 is 15.4 Å². The minimum absolute atomic E-state index is 0.119. The van der Waals surface area contributed by atoms with Crippen molar-refractivity contribution < 1.29 is 24.0 Å². The van der Waals surface area contributed by atoms with Gasteiger partial charge in [0.15, 0.2) is 0 Å². The van der Waals surface area contributed by atoms with Crippen LogP contribution in [0.15, 0.2) is 54.2 Å². The Morgan fingerprint density at radius 3 is 2.52 bits per heavy atom. The first-order valence-electron chi connectivity index (χ1n) is 8.09. The van der Waals surface area contributed by atoms with Gasteiger partial charge < -0.3 is 20.1 Å². The summed E-state index contributed by atoms with van der Waals surface area (Å²) in [6.07, 6.45) is 1.08. The Morgan fingerprint density at radius 1 is 1.17 bits per heavy atom. The van der Waals surface area contributed by atoms with Crippen molar-refractivity contribution in [2.75, 3.05) is 24.9 Å². The summed E-state index contributed by atoms with van der Waals surface area (Å²) in [5.74, 6) is -1.16. The van der Waals surface area contributed by atoms with Gasteiger partial charge in [-0.15, -0.1) is 0 Å². The quantitative estimate of drug-likeness (QED) is 0.239. The smallest absolute Gasteiger partial charge is 0.339 e. The zero-order valence-electron chi connectivity index (χ0n) is 15.5. The van der Waals surface area contributed by atoms with E-state index in [1.54, 1.807) is 18.2 Å². The van der Waals surface area contributed by atoms with Gasteiger partial charge >= 0.3 is 5.97 Å². The van der Waals surface area contributed by atoms with E-state index in [0.29, 0.717) is 0 Å². The number of rotatable bonds is 7. The lowest BCUT2D eigenvalue weighted by molar-refractivity contribution is -0.384. The highest BCUT2D eigenvalue weighted by Crippen LogP contribution is 2.29. The summed E-state index contributed by atoms with van der Waals surface area (Å²) in [5, 5.41) is 25.4. The van der Waals surface area contributed by atoms with Crippen LogP contribution in [-0.2, 0) is 9.53 Å². The number of carbonyl (C=O) groups excluding carboxylic acids is 2. The number of nitrogens with zero attached hydrogens (tertiary/aromatic N) is 2. The number of non-ortho nitro benzene ring substituents is 1. The molecule has 0 fully saturated rings. The number of methoxy groups -OCH3 is 2. The number of nitriles is 1. The molecule has 0 aliphatic carbocycles. The first kappa shape index (κ1) is 20.9. The Balaban J connectivity index is 2.27. The molecule has 2 rings (SSSR count). The van der Waals surface area contributed by atoms with Gasteiger partial charge in [-0.2, -0.15) is 5.26 Å². The number of nitro benzene ring substituents is 1. The lowest BCUT2D eigenvalue weighted by Gasteiger charge is -2.10. The predicted molar refractivity (Wildman–Crippen MR) is 103 cm³/mol. The molecule has 0 saturated heterocycles. The number of anilines is 2. The van der Waals surface area contributed by atoms with Crippen molar-refractivity contribution in [3.05, 3.63) is 69.9 Å². The van der Waals surface area contributed by atoms with E-state index in [4.69, 9.17) is 4.74 Å². The summed E-state index contributed by atoms with van der Waals surface area (Å²) >= 11 is 0. The molecule has 0 radical (unpaired) electrons. The number of hydrogen-bond acceptors (Lipinski definition) is 8. The van der Waals surface area contributed by atoms with Gasteiger partial charge in [-0.25, -0.2) is 4.79 Å². The molecule has 2 aromatic rings. The molecule has 0 aliphatic rings. The summed E-state index contributed by atoms with van der Waals surface area (Å²) < 4.78 is 9.76. The normalized spacial score (nSPS) is 10.4. The fourth-order valence-electron chi connectivity index (χ4n) is 2.29. The van der Waals surface area contributed by atoms with Gasteiger partial charge in [-0.05, 0) is 18.2 Å². The maximum absolute atomic E-state index is 12.4. The Kier molecular flexibility index (Phi) is 6.86. The second-order valence-corrected chi connectivity index (χ2v) is 5.45. The maximum Gasteiger partial charge on any atom is 0.339 e. The fraction of sp³-hybridized carbons (Fsp3) is 0.105. The van der Waals surface area contributed by atoms with Crippen molar-refractivity contribution in [1.82, 2.24) is 0 Å². The number of nitrogens with one attached hydrogen (secondary N) is 2. The van der Waals surface area contributed by atoms with Gasteiger partial charge in [0.25, 0.3) is 11.6 Å². The second-order valence-electron chi connectivity index (χ2n) is 5.45. The maximum atomic E-state index is 12.4. The van der Waals surface area contributed by atoms with Crippen LogP contribution in [0.25, 0.3) is 0 Å². The van der Waals surface area contributed by atoms with Gasteiger partial charge in [0.05, 0.1) is 36.1 Å². The van der Waals surface area contributed by atoms with Gasteiger partial charge in [-0.1, -0.05) is 12.1 Å². The van der Waals surface area contributed by atoms with E-state index in [2.05, 4.69) is 15.4 Å². The molecule has 10 nitrogen and oxygen atoms in total. The largest absolute Gasteiger partial charge is 0.495 e. The summed E-state index contributed by atoms with van der Waals surface area (Å²) in [4.78, 5) is 34.6. The number of nitro groups is 1. The van der Waals surface area contributed by atoms with Crippen molar-refractivity contribution in [2.24, 2.45) is 0 Å². The van der Waals surface area contributed by atoms with Crippen molar-refractivity contribution in [3.8, 4) is 11.8 Å². The minimum Gasteiger partial charge on any atom is -0.495 e. The molecule has 0 aliphatic heterocycles. The number of amides is 1. The van der Waals surface area contributed by atoms with Crippen LogP contribution in [-0.4, -0.2) is 31.0 Å². The Labute approximate surface area is 165 Å². The van der Waals surface area contributed by atoms with Crippen molar-refractivity contribution in [2.45, 2.75) is 0 Å². The molecule has 2 N–H and O–H groups in total. The zero-order chi connectivity index (χ0) is 21.4. The van der Waals surface area contributed by atoms with E-state index < -0.39 is 16.8 Å². The van der Waals surface area contributed by atoms with Crippen LogP contribution in [0.4, 0.5) is 17.1 Å². The number of benzene rings is 2. The van der Waals surface area contributed by atoms with Crippen LogP contribution in [0.1, 0.15) is 10.4 Å². The third-order valence-corrected chi connectivity index (χ3v) is 3.71. The average molecular weight is 396 g/mol. The molecule has 148 valence electrons. The second kappa shape index (κ2) is 9.52. The van der Waals surface area contributed by atoms with E-state index in [1.807, 2.05) is 0 Å². The predicted octanol–water partition coefficient (Wildman–Crippen LogP) is 2.85. The molecule has 0 aromatic heterocycles. The number of carbonyl (C=O) groups is 2. The Bertz CT molecular complexity index is 1030. The molecule has 2 aromatic carbocycles. The molecule has 10 heteroatoms. The van der Waals surface area contributed by atoms with Crippen LogP contribution in [0.2, 0.25) is 0 Å². The lowest BCUT2D eigenvalue weighted by atomic mass is 10.1. The lowest BCUT2D eigenvalue weighted by Crippen LogP contribution is -2.17. The number of hydrogen-bond donors (Lipinski definition) is 2. The molecule has 0 bridgehead atoms. The van der Waals surface area contributed by atoms with E-state index in [-0.39, 0.29) is 33.9 Å². The highest BCUT2D eigenvalue weighted by Gasteiger charge is 2.16. The average Bonchev–Trinajstić information content (AvgIpc) is 2.73. The van der Waals surface area contributed by atoms with Crippen LogP contribution in [0, 0.1) is 21.4 Å². The van der Waals surface area contributed by atoms with Crippen molar-refractivity contribution >= 4 is 28.9 Å². The van der Waals surface area contributed by atoms with Gasteiger partial charge in [0, 0.05) is 18.3 Å². The molecular weight excluding hydrogens is 380 g/mol. The highest BCUT2D eigenvalue weighted by atomic mass is 16.6. The standard InChI is InChI=1S/C19H16N4O6/c1-28-17-8-7-13(23(26)27)9-16(17)21-11-12(10-20)18(24)22-15-6-4-3-5-14(15)19(25)29-2/h3-9,11,21H,1-2H3,(H,22,24)/b12-11-. The third kappa shape index (κ3) is 5.08. The van der Waals surface area contributed by atoms with Crippen LogP contribution >= 0.6 is 0 Å². The number of para-hydroxylation sites is 1. The van der Waals surface area contributed by atoms with Gasteiger partial charge in [-0.3, -0.25) is 14.9 Å². The van der Waals surface area contributed by atoms with Gasteiger partial charge in [0.2, 0.25) is 0 Å². The number of ether oxygens (including phenoxy) is 2. The van der Waals surface area contributed by atoms with E-state index >= 15 is 0 Å². The topological polar surface area (TPSA) is 144 Å². The molecule has 0 atom stereocenters. The highest BCUT2D eigenvalue weighted by molar-refractivity contribution is 6.09. The Hall–Kier alpha value is -4.39. The molecule has 0 unspecified atom stereocenters. The summed E-state index contributed by atoms with van der Waals surface area (Å²) in [6, 6.07) is 11.7. The zero-order valence-corrected chi connectivity index (χ0v) is 15.5. The molecule has 0 saturated carbocycles. The summed E-state index contributed by atoms with van der Waals surface area (Å²) in [7, 11) is 2.58. The molecule has 0 heterocycles. The first-order valence-corrected chi connectivity index (χ1v) is 8.09. The summed E-state index contributed by atoms with van der Waals surface area (Å²) in [5.41, 5.74) is -0.0560. The number of esters is 1. The fourth-order valence-corrected chi connectivity index (χ4v) is 2.29. The Morgan fingerprint density at radius 2 is 1.90 bits per heavy atom. The summed E-state index contributed by atoms with van der Waals surface area (Å²) in [6.45, 7) is 0. The SMILES string of the molecule is COC(=O)c1ccccc1NC(=O)/C(C#N)=C\Nc1cc([N+](=O)[O-])ccc1OC. The van der Waals surface area contributed by atoms with E-state index in [1.165, 1.54) is 44.6 Å². The first-order chi connectivity index (χ1) is 13.9. The van der Waals surface area contributed by atoms with Gasteiger partial charge in [0.1, 0.15) is 17.4 Å². The van der Waals surface area contributed by atoms with Crippen LogP contribution in [0.3, 0.4) is 0 Å². The molecule has 1 amide bonds. The third-order valence-electron chi connectivity index (χ3n) is 3.71. The van der Waals surface area contributed by atoms with Crippen LogP contribution in [0.5, 0.6) is 5.75 Å². The van der Waals surface area contributed by atoms with Crippen molar-refractivity contribution in [3.63, 3.8) is 0 Å². The molecular formula is C19H16N4O6. The molecule has 29 heavy (non-hydrogen) atoms. The minimum atomic E-state index is -0.791. The van der Waals surface area contributed by atoms with E-state index in [9.17, 15) is 25.0 Å². The molecule has 0 spiro atoms. The monoisotopic (exact) mass is 396 g/mol. The van der Waals surface area contributed by atoms with Crippen molar-refractivity contribution in [1.29, 1.82) is 5.26 Å².